The van der Waals surface area contributed by atoms with Crippen molar-refractivity contribution in [1.29, 1.82) is 0 Å². The van der Waals surface area contributed by atoms with Crippen molar-refractivity contribution < 1.29 is 45.4 Å². The third-order valence-corrected chi connectivity index (χ3v) is 1.26. The van der Waals surface area contributed by atoms with E-state index in [-0.39, 0.29) is 17.1 Å². The van der Waals surface area contributed by atoms with Crippen LogP contribution in [0, 0.1) is 0 Å². The van der Waals surface area contributed by atoms with Gasteiger partial charge in [-0.2, -0.15) is 0 Å². The van der Waals surface area contributed by atoms with Gasteiger partial charge >= 0.3 is 16.5 Å². The third-order valence-electron chi connectivity index (χ3n) is 0.140. The first kappa shape index (κ1) is 17.3. The fraction of sp³-hybridized carbons (Fsp3) is 0. The predicted molar refractivity (Wildman–Crippen MR) is 33.6 cm³/mol. The minimum Gasteiger partial charge on any atom is -0.516 e. The molecule has 2 unspecified atom stereocenters. The van der Waals surface area contributed by atoms with Crippen LogP contribution in [0.5, 0.6) is 0 Å². The first-order valence-corrected chi connectivity index (χ1v) is 4.06. The first-order chi connectivity index (χ1) is 4.54. The molecule has 0 saturated heterocycles. The van der Waals surface area contributed by atoms with Gasteiger partial charge in [-0.3, -0.25) is 0 Å². The molecule has 6 nitrogen and oxygen atoms in total. The summed E-state index contributed by atoms with van der Waals surface area (Å²) in [5.74, 6) is 0. The van der Waals surface area contributed by atoms with Crippen molar-refractivity contribution in [2.45, 2.75) is 0 Å². The molecule has 11 heavy (non-hydrogen) atoms. The van der Waals surface area contributed by atoms with Crippen molar-refractivity contribution in [3.05, 3.63) is 12.8 Å². The molecule has 9 heteroatoms. The Kier molecular flexibility index (Phi) is 20.1. The minimum atomic E-state index is -2.92. The molecule has 0 aliphatic heterocycles. The fourth-order valence-corrected chi connectivity index (χ4v) is 0.538. The maximum Gasteiger partial charge on any atom is 0.745 e. The van der Waals surface area contributed by atoms with Crippen LogP contribution >= 0.6 is 16.5 Å². The largest absolute Gasteiger partial charge is 0.745 e. The minimum absolute atomic E-state index is 0. The monoisotopic (exact) mass is 251 g/mol. The van der Waals surface area contributed by atoms with Crippen LogP contribution in [0.25, 0.3) is 0 Å². The van der Waals surface area contributed by atoms with Crippen molar-refractivity contribution in [3.8, 4) is 0 Å². The molecule has 2 atom stereocenters. The summed E-state index contributed by atoms with van der Waals surface area (Å²) in [5, 5.41) is 7.33. The maximum absolute atomic E-state index is 9.39. The molecule has 0 amide bonds. The van der Waals surface area contributed by atoms with Crippen molar-refractivity contribution in [2.75, 3.05) is 0 Å². The van der Waals surface area contributed by atoms with Crippen LogP contribution in [0.3, 0.4) is 0 Å². The molecule has 0 aromatic rings. The Morgan fingerprint density at radius 3 is 1.45 bits per heavy atom. The molecular formula is C2H6CuO6P2+2. The fourth-order valence-electron chi connectivity index (χ4n) is 0.0598. The van der Waals surface area contributed by atoms with E-state index in [4.69, 9.17) is 14.9 Å². The molecule has 69 valence electrons. The van der Waals surface area contributed by atoms with Crippen LogP contribution < -0.4 is 0 Å². The van der Waals surface area contributed by atoms with Crippen LogP contribution in [0.4, 0.5) is 0 Å². The van der Waals surface area contributed by atoms with Gasteiger partial charge in [0.25, 0.3) is 0 Å². The van der Waals surface area contributed by atoms with Gasteiger partial charge in [-0.25, -0.2) is 0 Å². The average molecular weight is 252 g/mol. The summed E-state index contributed by atoms with van der Waals surface area (Å²) in [6, 6.07) is 0. The second kappa shape index (κ2) is 12.8. The van der Waals surface area contributed by atoms with E-state index in [0.717, 1.165) is 6.26 Å². The molecule has 0 heterocycles. The molecule has 0 aliphatic carbocycles. The van der Waals surface area contributed by atoms with Crippen LogP contribution in [0.15, 0.2) is 12.8 Å². The zero-order chi connectivity index (χ0) is 8.57. The van der Waals surface area contributed by atoms with Crippen LogP contribution in [-0.4, -0.2) is 14.9 Å². The van der Waals surface area contributed by atoms with Gasteiger partial charge < -0.3 is 5.11 Å². The zero-order valence-electron chi connectivity index (χ0n) is 5.05. The van der Waals surface area contributed by atoms with Gasteiger partial charge in [-0.05, 0) is 0 Å². The van der Waals surface area contributed by atoms with E-state index in [1.165, 1.54) is 0 Å². The first-order valence-electron chi connectivity index (χ1n) is 1.80. The number of aliphatic hydroxyl groups is 1. The van der Waals surface area contributed by atoms with Gasteiger partial charge in [0.15, 0.2) is 4.31 Å². The summed E-state index contributed by atoms with van der Waals surface area (Å²) in [6.07, 6.45) is 0.750. The molecule has 0 saturated carbocycles. The zero-order valence-corrected chi connectivity index (χ0v) is 7.78. The quantitative estimate of drug-likeness (QED) is 0.384. The second-order valence-electron chi connectivity index (χ2n) is 0.740. The number of aliphatic hydroxyl groups excluding tert-OH is 1. The van der Waals surface area contributed by atoms with E-state index in [0.29, 0.717) is 0 Å². The van der Waals surface area contributed by atoms with E-state index >= 15 is 0 Å². The molecule has 0 spiro atoms. The predicted octanol–water partition coefficient (Wildman–Crippen LogP) is 0.988. The van der Waals surface area contributed by atoms with E-state index in [1.54, 1.807) is 0 Å². The Hall–Kier alpha value is 0.139. The van der Waals surface area contributed by atoms with Crippen LogP contribution in [0.2, 0.25) is 0 Å². The van der Waals surface area contributed by atoms with Gasteiger partial charge in [0.2, 0.25) is 0 Å². The average Bonchev–Trinajstić information content (AvgIpc) is 1.62. The molecule has 0 aromatic heterocycles. The topological polar surface area (TPSA) is 104 Å². The Morgan fingerprint density at radius 1 is 1.27 bits per heavy atom. The van der Waals surface area contributed by atoms with E-state index in [9.17, 15) is 9.13 Å². The second-order valence-corrected chi connectivity index (χ2v) is 2.34. The number of hydrogen-bond acceptors (Lipinski definition) is 4. The van der Waals surface area contributed by atoms with Gasteiger partial charge in [-0.15, -0.1) is 9.79 Å². The molecule has 0 aromatic carbocycles. The summed E-state index contributed by atoms with van der Waals surface area (Å²) in [7, 11) is -5.85. The molecular weight excluding hydrogens is 246 g/mol. The standard InChI is InChI=1S/C2H4O.Cu.O5P2/c1-2-3;;1-6(2)5-7(3)4/h2-3H,1H2;;/p+2. The maximum atomic E-state index is 9.39. The van der Waals surface area contributed by atoms with E-state index in [1.807, 2.05) is 0 Å². The smallest absolute Gasteiger partial charge is 0.516 e. The van der Waals surface area contributed by atoms with Crippen molar-refractivity contribution in [1.82, 2.24) is 0 Å². The third kappa shape index (κ3) is 39.2. The van der Waals surface area contributed by atoms with E-state index < -0.39 is 16.5 Å². The Morgan fingerprint density at radius 2 is 1.45 bits per heavy atom. The molecule has 0 rings (SSSR count). The summed E-state index contributed by atoms with van der Waals surface area (Å²) in [5.41, 5.74) is 0. The Bertz CT molecular complexity index is 125. The Balaban J connectivity index is -0.000000140. The van der Waals surface area contributed by atoms with Crippen molar-refractivity contribution in [3.63, 3.8) is 0 Å². The molecule has 3 N–H and O–H groups in total. The van der Waals surface area contributed by atoms with Crippen LogP contribution in [-0.2, 0) is 30.5 Å². The van der Waals surface area contributed by atoms with Crippen molar-refractivity contribution in [2.24, 2.45) is 0 Å². The normalized spacial score (nSPS) is 9.64. The van der Waals surface area contributed by atoms with Gasteiger partial charge in [0.05, 0.1) is 6.26 Å². The summed E-state index contributed by atoms with van der Waals surface area (Å²) >= 11 is 0. The number of hydrogen-bond donors (Lipinski definition) is 3. The summed E-state index contributed by atoms with van der Waals surface area (Å²) in [4.78, 5) is 15.3. The van der Waals surface area contributed by atoms with Crippen molar-refractivity contribution >= 4 is 16.5 Å². The molecule has 0 aliphatic rings. The van der Waals surface area contributed by atoms with Gasteiger partial charge in [0.1, 0.15) is 0 Å². The van der Waals surface area contributed by atoms with Gasteiger partial charge in [-0.1, -0.05) is 6.58 Å². The van der Waals surface area contributed by atoms with E-state index in [2.05, 4.69) is 10.9 Å². The van der Waals surface area contributed by atoms with Crippen LogP contribution in [0.1, 0.15) is 0 Å². The SMILES string of the molecule is C=CO.O=[P+](O)O[P+](=O)O.[Cu]. The number of rotatable bonds is 2. The summed E-state index contributed by atoms with van der Waals surface area (Å²) < 4.78 is 22.2. The molecule has 1 radical (unpaired) electrons. The Labute approximate surface area is 75.3 Å². The summed E-state index contributed by atoms with van der Waals surface area (Å²) in [6.45, 7) is 2.92. The van der Waals surface area contributed by atoms with Gasteiger partial charge in [0, 0.05) is 26.2 Å². The molecule has 0 bridgehead atoms. The molecule has 0 fully saturated rings.